The number of carbonyl (C=O) groups is 1. The molecular weight excluding hydrogens is 370 g/mol. The molecule has 7 heteroatoms. The standard InChI is InChI=1S/C22H23N3O4/c1-4-28-18-6-5-7-19(14-18)29-15(2)22(27)23-17-10-8-16(9-11-17)20-12-13-21(26)25(3)24-20/h5-15H,4H2,1-3H3,(H,23,27). The molecule has 29 heavy (non-hydrogen) atoms. The Labute approximate surface area is 168 Å². The van der Waals surface area contributed by atoms with E-state index in [0.29, 0.717) is 29.5 Å². The molecule has 3 aromatic rings. The minimum atomic E-state index is -0.683. The van der Waals surface area contributed by atoms with Crippen LogP contribution >= 0.6 is 0 Å². The minimum Gasteiger partial charge on any atom is -0.494 e. The lowest BCUT2D eigenvalue weighted by molar-refractivity contribution is -0.122. The lowest BCUT2D eigenvalue weighted by atomic mass is 10.1. The quantitative estimate of drug-likeness (QED) is 0.666. The van der Waals surface area contributed by atoms with E-state index in [-0.39, 0.29) is 11.5 Å². The van der Waals surface area contributed by atoms with Gasteiger partial charge in [-0.15, -0.1) is 0 Å². The topological polar surface area (TPSA) is 82.5 Å². The lowest BCUT2D eigenvalue weighted by Gasteiger charge is -2.15. The number of nitrogens with zero attached hydrogens (tertiary/aromatic N) is 2. The highest BCUT2D eigenvalue weighted by atomic mass is 16.5. The van der Waals surface area contributed by atoms with Crippen LogP contribution in [0.5, 0.6) is 11.5 Å². The first-order valence-corrected chi connectivity index (χ1v) is 9.31. The van der Waals surface area contributed by atoms with Crippen LogP contribution in [-0.4, -0.2) is 28.4 Å². The summed E-state index contributed by atoms with van der Waals surface area (Å²) < 4.78 is 12.4. The fourth-order valence-electron chi connectivity index (χ4n) is 2.69. The van der Waals surface area contributed by atoms with Gasteiger partial charge >= 0.3 is 0 Å². The Kier molecular flexibility index (Phi) is 6.29. The highest BCUT2D eigenvalue weighted by Crippen LogP contribution is 2.22. The molecule has 2 aromatic carbocycles. The zero-order valence-corrected chi connectivity index (χ0v) is 16.6. The van der Waals surface area contributed by atoms with Crippen molar-refractivity contribution in [2.24, 2.45) is 7.05 Å². The van der Waals surface area contributed by atoms with Gasteiger partial charge in [0.25, 0.3) is 11.5 Å². The first-order chi connectivity index (χ1) is 14.0. The summed E-state index contributed by atoms with van der Waals surface area (Å²) in [5, 5.41) is 7.05. The fraction of sp³-hybridized carbons (Fsp3) is 0.227. The molecule has 1 atom stereocenters. The molecular formula is C22H23N3O4. The number of amides is 1. The third-order valence-corrected chi connectivity index (χ3v) is 4.21. The van der Waals surface area contributed by atoms with Crippen LogP contribution in [-0.2, 0) is 11.8 Å². The molecule has 0 aliphatic rings. The molecule has 1 aromatic heterocycles. The largest absolute Gasteiger partial charge is 0.494 e. The summed E-state index contributed by atoms with van der Waals surface area (Å²) in [6, 6.07) is 17.5. The van der Waals surface area contributed by atoms with E-state index >= 15 is 0 Å². The van der Waals surface area contributed by atoms with Crippen LogP contribution in [0.4, 0.5) is 5.69 Å². The number of carbonyl (C=O) groups excluding carboxylic acids is 1. The summed E-state index contributed by atoms with van der Waals surface area (Å²) >= 11 is 0. The summed E-state index contributed by atoms with van der Waals surface area (Å²) in [7, 11) is 1.60. The van der Waals surface area contributed by atoms with Crippen molar-refractivity contribution in [3.8, 4) is 22.8 Å². The molecule has 1 N–H and O–H groups in total. The van der Waals surface area contributed by atoms with Gasteiger partial charge in [-0.05, 0) is 44.2 Å². The normalized spacial score (nSPS) is 11.6. The van der Waals surface area contributed by atoms with Crippen molar-refractivity contribution in [2.75, 3.05) is 11.9 Å². The number of hydrogen-bond donors (Lipinski definition) is 1. The summed E-state index contributed by atoms with van der Waals surface area (Å²) in [6.45, 7) is 4.15. The van der Waals surface area contributed by atoms with E-state index in [1.807, 2.05) is 31.2 Å². The maximum absolute atomic E-state index is 12.4. The number of ether oxygens (including phenoxy) is 2. The SMILES string of the molecule is CCOc1cccc(OC(C)C(=O)Nc2ccc(-c3ccc(=O)n(C)n3)cc2)c1. The maximum Gasteiger partial charge on any atom is 0.266 e. The van der Waals surface area contributed by atoms with Crippen molar-refractivity contribution in [2.45, 2.75) is 20.0 Å². The molecule has 0 spiro atoms. The molecule has 0 saturated carbocycles. The summed E-state index contributed by atoms with van der Waals surface area (Å²) in [5.41, 5.74) is 1.99. The monoisotopic (exact) mass is 393 g/mol. The molecule has 0 saturated heterocycles. The highest BCUT2D eigenvalue weighted by Gasteiger charge is 2.15. The van der Waals surface area contributed by atoms with Gasteiger partial charge in [0.05, 0.1) is 12.3 Å². The van der Waals surface area contributed by atoms with Crippen LogP contribution in [0.25, 0.3) is 11.3 Å². The Morgan fingerprint density at radius 2 is 1.83 bits per heavy atom. The van der Waals surface area contributed by atoms with Crippen LogP contribution in [0.2, 0.25) is 0 Å². The molecule has 0 aliphatic carbocycles. The number of aromatic nitrogens is 2. The Morgan fingerprint density at radius 3 is 2.52 bits per heavy atom. The van der Waals surface area contributed by atoms with Crippen LogP contribution in [0, 0.1) is 0 Å². The van der Waals surface area contributed by atoms with Crippen LogP contribution < -0.4 is 20.3 Å². The zero-order valence-electron chi connectivity index (χ0n) is 16.6. The van der Waals surface area contributed by atoms with Crippen molar-refractivity contribution in [3.05, 3.63) is 71.0 Å². The molecule has 3 rings (SSSR count). The predicted octanol–water partition coefficient (Wildman–Crippen LogP) is 3.25. The third kappa shape index (κ3) is 5.22. The Bertz CT molecular complexity index is 1040. The predicted molar refractivity (Wildman–Crippen MR) is 111 cm³/mol. The number of aryl methyl sites for hydroxylation is 1. The molecule has 150 valence electrons. The number of rotatable bonds is 7. The van der Waals surface area contributed by atoms with Gasteiger partial charge < -0.3 is 14.8 Å². The number of benzene rings is 2. The van der Waals surface area contributed by atoms with Gasteiger partial charge in [0.2, 0.25) is 0 Å². The average Bonchev–Trinajstić information content (AvgIpc) is 2.71. The van der Waals surface area contributed by atoms with Crippen molar-refractivity contribution >= 4 is 11.6 Å². The molecule has 0 fully saturated rings. The first kappa shape index (κ1) is 20.1. The summed E-state index contributed by atoms with van der Waals surface area (Å²) in [4.78, 5) is 23.9. The molecule has 1 amide bonds. The van der Waals surface area contributed by atoms with Crippen molar-refractivity contribution < 1.29 is 14.3 Å². The van der Waals surface area contributed by atoms with Crippen LogP contribution in [0.15, 0.2) is 65.5 Å². The third-order valence-electron chi connectivity index (χ3n) is 4.21. The second-order valence-electron chi connectivity index (χ2n) is 6.41. The van der Waals surface area contributed by atoms with E-state index < -0.39 is 6.10 Å². The molecule has 1 heterocycles. The smallest absolute Gasteiger partial charge is 0.266 e. The molecule has 1 unspecified atom stereocenters. The van der Waals surface area contributed by atoms with E-state index in [4.69, 9.17) is 9.47 Å². The summed E-state index contributed by atoms with van der Waals surface area (Å²) in [5.74, 6) is 0.995. The van der Waals surface area contributed by atoms with Gasteiger partial charge in [0, 0.05) is 30.4 Å². The van der Waals surface area contributed by atoms with Gasteiger partial charge in [-0.25, -0.2) is 4.68 Å². The first-order valence-electron chi connectivity index (χ1n) is 9.31. The summed E-state index contributed by atoms with van der Waals surface area (Å²) in [6.07, 6.45) is -0.683. The van der Waals surface area contributed by atoms with Crippen molar-refractivity contribution in [1.29, 1.82) is 0 Å². The van der Waals surface area contributed by atoms with Gasteiger partial charge in [-0.3, -0.25) is 9.59 Å². The highest BCUT2D eigenvalue weighted by molar-refractivity contribution is 5.94. The number of hydrogen-bond acceptors (Lipinski definition) is 5. The molecule has 7 nitrogen and oxygen atoms in total. The van der Waals surface area contributed by atoms with Crippen LogP contribution in [0.1, 0.15) is 13.8 Å². The van der Waals surface area contributed by atoms with Gasteiger partial charge in [0.15, 0.2) is 6.10 Å². The van der Waals surface area contributed by atoms with Gasteiger partial charge in [-0.2, -0.15) is 5.10 Å². The minimum absolute atomic E-state index is 0.168. The molecule has 0 bridgehead atoms. The number of nitrogens with one attached hydrogen (secondary N) is 1. The van der Waals surface area contributed by atoms with E-state index in [1.54, 1.807) is 44.3 Å². The second-order valence-corrected chi connectivity index (χ2v) is 6.41. The van der Waals surface area contributed by atoms with Crippen LogP contribution in [0.3, 0.4) is 0 Å². The van der Waals surface area contributed by atoms with Gasteiger partial charge in [0.1, 0.15) is 11.5 Å². The van der Waals surface area contributed by atoms with E-state index in [2.05, 4.69) is 10.4 Å². The average molecular weight is 393 g/mol. The molecule has 0 radical (unpaired) electrons. The fourth-order valence-corrected chi connectivity index (χ4v) is 2.69. The number of anilines is 1. The maximum atomic E-state index is 12.4. The zero-order chi connectivity index (χ0) is 20.8. The lowest BCUT2D eigenvalue weighted by Crippen LogP contribution is -2.30. The molecule has 0 aliphatic heterocycles. The Morgan fingerprint density at radius 1 is 1.10 bits per heavy atom. The van der Waals surface area contributed by atoms with E-state index in [9.17, 15) is 9.59 Å². The second kappa shape index (κ2) is 9.05. The van der Waals surface area contributed by atoms with Gasteiger partial charge in [-0.1, -0.05) is 18.2 Å². The van der Waals surface area contributed by atoms with Crippen molar-refractivity contribution in [1.82, 2.24) is 9.78 Å². The van der Waals surface area contributed by atoms with Crippen molar-refractivity contribution in [3.63, 3.8) is 0 Å². The van der Waals surface area contributed by atoms with E-state index in [1.165, 1.54) is 10.7 Å². The Balaban J connectivity index is 1.63. The van der Waals surface area contributed by atoms with E-state index in [0.717, 1.165) is 5.56 Å². The Hall–Kier alpha value is -3.61.